The van der Waals surface area contributed by atoms with Gasteiger partial charge in [0.1, 0.15) is 5.76 Å². The lowest BCUT2D eigenvalue weighted by Crippen LogP contribution is -2.37. The summed E-state index contributed by atoms with van der Waals surface area (Å²) in [6, 6.07) is 21.0. The van der Waals surface area contributed by atoms with Gasteiger partial charge in [-0.3, -0.25) is 10.1 Å². The van der Waals surface area contributed by atoms with E-state index in [0.29, 0.717) is 5.02 Å². The van der Waals surface area contributed by atoms with Crippen molar-refractivity contribution in [2.24, 2.45) is 0 Å². The number of halogens is 1. The van der Waals surface area contributed by atoms with E-state index in [-0.39, 0.29) is 24.5 Å². The average Bonchev–Trinajstić information content (AvgIpc) is 3.18. The maximum absolute atomic E-state index is 12.3. The molecule has 1 heterocycles. The summed E-state index contributed by atoms with van der Waals surface area (Å²) in [5.74, 6) is 0.629. The van der Waals surface area contributed by atoms with E-state index < -0.39 is 0 Å². The van der Waals surface area contributed by atoms with Crippen molar-refractivity contribution < 1.29 is 9.21 Å². The van der Waals surface area contributed by atoms with Crippen LogP contribution in [0.3, 0.4) is 0 Å². The Hall–Kier alpha value is -2.56. The fourth-order valence-corrected chi connectivity index (χ4v) is 3.05. The zero-order valence-corrected chi connectivity index (χ0v) is 15.2. The molecule has 5 heteroatoms. The van der Waals surface area contributed by atoms with E-state index in [1.54, 1.807) is 12.3 Å². The third-order valence-corrected chi connectivity index (χ3v) is 4.36. The van der Waals surface area contributed by atoms with E-state index in [1.165, 1.54) is 0 Å². The minimum absolute atomic E-state index is 0.100. The van der Waals surface area contributed by atoms with E-state index in [1.807, 2.05) is 67.6 Å². The minimum Gasteiger partial charge on any atom is -0.467 e. The summed E-state index contributed by atoms with van der Waals surface area (Å²) in [5.41, 5.74) is 2.08. The van der Waals surface area contributed by atoms with Crippen LogP contribution >= 0.6 is 11.6 Å². The zero-order valence-electron chi connectivity index (χ0n) is 14.5. The van der Waals surface area contributed by atoms with Gasteiger partial charge in [-0.1, -0.05) is 54.1 Å². The number of hydrogen-bond donors (Lipinski definition) is 2. The number of amides is 1. The van der Waals surface area contributed by atoms with Crippen molar-refractivity contribution in [2.75, 3.05) is 6.54 Å². The molecule has 0 aliphatic carbocycles. The predicted molar refractivity (Wildman–Crippen MR) is 103 cm³/mol. The van der Waals surface area contributed by atoms with Gasteiger partial charge in [-0.05, 0) is 42.3 Å². The fourth-order valence-electron chi connectivity index (χ4n) is 2.86. The van der Waals surface area contributed by atoms with Crippen LogP contribution in [-0.2, 0) is 4.79 Å². The Balaban J connectivity index is 1.69. The first-order valence-electron chi connectivity index (χ1n) is 8.50. The highest BCUT2D eigenvalue weighted by molar-refractivity contribution is 6.30. The molecule has 26 heavy (non-hydrogen) atoms. The number of nitrogens with one attached hydrogen (secondary N) is 2. The normalized spacial score (nSPS) is 13.2. The summed E-state index contributed by atoms with van der Waals surface area (Å²) in [4.78, 5) is 12.3. The van der Waals surface area contributed by atoms with E-state index in [0.717, 1.165) is 16.9 Å². The van der Waals surface area contributed by atoms with Gasteiger partial charge < -0.3 is 9.73 Å². The van der Waals surface area contributed by atoms with Gasteiger partial charge in [0.25, 0.3) is 0 Å². The number of carbonyl (C=O) groups excluding carboxylic acids is 1. The number of carbonyl (C=O) groups is 1. The Kier molecular flexibility index (Phi) is 6.10. The van der Waals surface area contributed by atoms with Crippen LogP contribution in [0.4, 0.5) is 0 Å². The first kappa shape index (κ1) is 18.2. The Labute approximate surface area is 158 Å². The smallest absolute Gasteiger partial charge is 0.234 e. The highest BCUT2D eigenvalue weighted by Crippen LogP contribution is 2.24. The molecule has 0 saturated carbocycles. The molecule has 2 aromatic carbocycles. The highest BCUT2D eigenvalue weighted by Gasteiger charge is 2.17. The molecule has 0 aliphatic heterocycles. The van der Waals surface area contributed by atoms with Gasteiger partial charge >= 0.3 is 0 Å². The monoisotopic (exact) mass is 368 g/mol. The number of hydrogen-bond acceptors (Lipinski definition) is 3. The maximum atomic E-state index is 12.3. The van der Waals surface area contributed by atoms with Gasteiger partial charge in [-0.25, -0.2) is 0 Å². The number of rotatable bonds is 7. The van der Waals surface area contributed by atoms with E-state index in [2.05, 4.69) is 10.6 Å². The first-order chi connectivity index (χ1) is 12.6. The van der Waals surface area contributed by atoms with Crippen molar-refractivity contribution in [1.29, 1.82) is 0 Å². The van der Waals surface area contributed by atoms with Crippen LogP contribution in [0.25, 0.3) is 0 Å². The van der Waals surface area contributed by atoms with E-state index >= 15 is 0 Å². The van der Waals surface area contributed by atoms with Gasteiger partial charge in [-0.2, -0.15) is 0 Å². The molecule has 2 atom stereocenters. The molecule has 3 aromatic rings. The maximum Gasteiger partial charge on any atom is 0.234 e. The third-order valence-electron chi connectivity index (χ3n) is 4.13. The Morgan fingerprint density at radius 3 is 2.50 bits per heavy atom. The molecule has 0 radical (unpaired) electrons. The standard InChI is InChI=1S/C21H21ClN2O2/c1-15(19-11-6-12-26-19)24-20(25)14-23-21(16-7-3-2-4-8-16)17-9-5-10-18(22)13-17/h2-13,15,21,23H,14H2,1H3,(H,24,25). The molecule has 3 rings (SSSR count). The van der Waals surface area contributed by atoms with Gasteiger partial charge in [-0.15, -0.1) is 0 Å². The van der Waals surface area contributed by atoms with Crippen LogP contribution in [0.1, 0.15) is 35.9 Å². The quantitative estimate of drug-likeness (QED) is 0.646. The van der Waals surface area contributed by atoms with Crippen molar-refractivity contribution in [3.63, 3.8) is 0 Å². The van der Waals surface area contributed by atoms with Gasteiger partial charge in [0, 0.05) is 5.02 Å². The third kappa shape index (κ3) is 4.75. The van der Waals surface area contributed by atoms with Crippen LogP contribution < -0.4 is 10.6 Å². The van der Waals surface area contributed by atoms with Crippen LogP contribution in [-0.4, -0.2) is 12.5 Å². The molecule has 1 amide bonds. The number of benzene rings is 2. The summed E-state index contributed by atoms with van der Waals surface area (Å²) in [7, 11) is 0. The van der Waals surface area contributed by atoms with Crippen molar-refractivity contribution in [3.8, 4) is 0 Å². The fraction of sp³-hybridized carbons (Fsp3) is 0.190. The highest BCUT2D eigenvalue weighted by atomic mass is 35.5. The Bertz CT molecular complexity index is 834. The molecular weight excluding hydrogens is 348 g/mol. The topological polar surface area (TPSA) is 54.3 Å². The molecule has 2 unspecified atom stereocenters. The number of furan rings is 1. The molecule has 0 spiro atoms. The van der Waals surface area contributed by atoms with Gasteiger partial charge in [0.2, 0.25) is 5.91 Å². The molecule has 0 fully saturated rings. The lowest BCUT2D eigenvalue weighted by molar-refractivity contribution is -0.121. The molecule has 134 valence electrons. The first-order valence-corrected chi connectivity index (χ1v) is 8.88. The van der Waals surface area contributed by atoms with E-state index in [4.69, 9.17) is 16.0 Å². The molecule has 0 bridgehead atoms. The van der Waals surface area contributed by atoms with Gasteiger partial charge in [0.15, 0.2) is 0 Å². The van der Waals surface area contributed by atoms with Crippen molar-refractivity contribution in [3.05, 3.63) is 94.9 Å². The van der Waals surface area contributed by atoms with E-state index in [9.17, 15) is 4.79 Å². The SMILES string of the molecule is CC(NC(=O)CNC(c1ccccc1)c1cccc(Cl)c1)c1ccco1. The molecular formula is C21H21ClN2O2. The summed E-state index contributed by atoms with van der Waals surface area (Å²) in [6.45, 7) is 2.07. The zero-order chi connectivity index (χ0) is 18.4. The predicted octanol–water partition coefficient (Wildman–Crippen LogP) is 4.49. The lowest BCUT2D eigenvalue weighted by Gasteiger charge is -2.20. The Morgan fingerprint density at radius 1 is 1.04 bits per heavy atom. The van der Waals surface area contributed by atoms with Crippen molar-refractivity contribution in [1.82, 2.24) is 10.6 Å². The van der Waals surface area contributed by atoms with Crippen molar-refractivity contribution >= 4 is 17.5 Å². The molecule has 2 N–H and O–H groups in total. The van der Waals surface area contributed by atoms with Crippen LogP contribution in [0.5, 0.6) is 0 Å². The summed E-state index contributed by atoms with van der Waals surface area (Å²) >= 11 is 6.15. The largest absolute Gasteiger partial charge is 0.467 e. The van der Waals surface area contributed by atoms with Crippen molar-refractivity contribution in [2.45, 2.75) is 19.0 Å². The summed E-state index contributed by atoms with van der Waals surface area (Å²) in [6.07, 6.45) is 1.60. The van der Waals surface area contributed by atoms with Crippen LogP contribution in [0.15, 0.2) is 77.4 Å². The van der Waals surface area contributed by atoms with Crippen LogP contribution in [0.2, 0.25) is 5.02 Å². The summed E-state index contributed by atoms with van der Waals surface area (Å²) < 4.78 is 5.32. The minimum atomic E-state index is -0.180. The summed E-state index contributed by atoms with van der Waals surface area (Å²) in [5, 5.41) is 6.93. The molecule has 0 aliphatic rings. The second kappa shape index (κ2) is 8.70. The molecule has 1 aromatic heterocycles. The second-order valence-electron chi connectivity index (χ2n) is 6.08. The second-order valence-corrected chi connectivity index (χ2v) is 6.52. The average molecular weight is 369 g/mol. The molecule has 4 nitrogen and oxygen atoms in total. The van der Waals surface area contributed by atoms with Gasteiger partial charge in [0.05, 0.1) is 24.9 Å². The molecule has 0 saturated heterocycles. The lowest BCUT2D eigenvalue weighted by atomic mass is 9.99. The Morgan fingerprint density at radius 2 is 1.81 bits per heavy atom. The van der Waals surface area contributed by atoms with Crippen LogP contribution in [0, 0.1) is 0 Å².